The fourth-order valence-electron chi connectivity index (χ4n) is 3.93. The molecule has 2 N–H and O–H groups in total. The van der Waals surface area contributed by atoms with E-state index in [-0.39, 0.29) is 5.41 Å². The van der Waals surface area contributed by atoms with Crippen molar-refractivity contribution < 1.29 is 19.1 Å². The van der Waals surface area contributed by atoms with Gasteiger partial charge in [-0.1, -0.05) is 39.0 Å². The third-order valence-corrected chi connectivity index (χ3v) is 5.61. The molecular weight excluding hydrogens is 382 g/mol. The summed E-state index contributed by atoms with van der Waals surface area (Å²) in [5, 5.41) is 5.32. The summed E-state index contributed by atoms with van der Waals surface area (Å²) < 4.78 is 5.31. The van der Waals surface area contributed by atoms with Gasteiger partial charge in [0.2, 0.25) is 0 Å². The Morgan fingerprint density at radius 3 is 2.63 bits per heavy atom. The highest BCUT2D eigenvalue weighted by atomic mass is 16.5. The molecule has 2 aromatic rings. The van der Waals surface area contributed by atoms with Crippen LogP contribution >= 0.6 is 0 Å². The number of carbonyl (C=O) groups is 3. The van der Waals surface area contributed by atoms with Crippen molar-refractivity contribution in [2.24, 2.45) is 11.3 Å². The molecule has 3 rings (SSSR count). The number of hydrogen-bond acceptors (Lipinski definition) is 5. The molecule has 0 spiro atoms. The summed E-state index contributed by atoms with van der Waals surface area (Å²) in [5.41, 5.74) is 3.17. The second-order valence-corrected chi connectivity index (χ2v) is 8.72. The predicted molar refractivity (Wildman–Crippen MR) is 114 cm³/mol. The van der Waals surface area contributed by atoms with E-state index in [4.69, 9.17) is 9.72 Å². The molecule has 1 aliphatic rings. The lowest BCUT2D eigenvalue weighted by Crippen LogP contribution is -2.41. The molecule has 1 aromatic carbocycles. The lowest BCUT2D eigenvalue weighted by Gasteiger charge is -2.35. The SMILES string of the molecule is CCNC(=O)NC(=O)COC(=O)c1c2c(nc3ccccc13)CCC(C(C)(C)C)C2. The normalized spacial score (nSPS) is 15.9. The van der Waals surface area contributed by atoms with Crippen LogP contribution < -0.4 is 10.6 Å². The standard InChI is InChI=1S/C23H29N3O4/c1-5-24-22(29)26-19(27)13-30-21(28)20-15-8-6-7-9-17(15)25-18-11-10-14(12-16(18)20)23(2,3)4/h6-9,14H,5,10-13H2,1-4H3,(H2,24,26,27,29). The molecule has 0 fully saturated rings. The van der Waals surface area contributed by atoms with Gasteiger partial charge in [-0.05, 0) is 49.1 Å². The molecule has 0 radical (unpaired) electrons. The largest absolute Gasteiger partial charge is 0.452 e. The van der Waals surface area contributed by atoms with Crippen LogP contribution in [0.25, 0.3) is 10.9 Å². The number of pyridine rings is 1. The van der Waals surface area contributed by atoms with Gasteiger partial charge in [0.1, 0.15) is 0 Å². The van der Waals surface area contributed by atoms with Gasteiger partial charge in [0, 0.05) is 17.6 Å². The number of aryl methyl sites for hydroxylation is 1. The Morgan fingerprint density at radius 1 is 1.20 bits per heavy atom. The number of esters is 1. The number of amides is 3. The highest BCUT2D eigenvalue weighted by molar-refractivity contribution is 6.06. The molecule has 1 atom stereocenters. The van der Waals surface area contributed by atoms with Crippen molar-refractivity contribution in [2.45, 2.75) is 47.0 Å². The van der Waals surface area contributed by atoms with Crippen LogP contribution in [0.2, 0.25) is 0 Å². The van der Waals surface area contributed by atoms with Gasteiger partial charge >= 0.3 is 12.0 Å². The fourth-order valence-corrected chi connectivity index (χ4v) is 3.93. The Kier molecular flexibility index (Phi) is 6.39. The Hall–Kier alpha value is -2.96. The van der Waals surface area contributed by atoms with Crippen LogP contribution in [0.4, 0.5) is 4.79 Å². The van der Waals surface area contributed by atoms with Crippen LogP contribution in [0, 0.1) is 11.3 Å². The number of fused-ring (bicyclic) bond motifs is 2. The molecule has 30 heavy (non-hydrogen) atoms. The molecule has 0 saturated carbocycles. The zero-order valence-electron chi connectivity index (χ0n) is 18.0. The third-order valence-electron chi connectivity index (χ3n) is 5.61. The minimum absolute atomic E-state index is 0.108. The topological polar surface area (TPSA) is 97.4 Å². The smallest absolute Gasteiger partial charge is 0.339 e. The van der Waals surface area contributed by atoms with Gasteiger partial charge in [-0.15, -0.1) is 0 Å². The number of benzene rings is 1. The minimum atomic E-state index is -0.672. The highest BCUT2D eigenvalue weighted by Crippen LogP contribution is 2.39. The summed E-state index contributed by atoms with van der Waals surface area (Å²) in [4.78, 5) is 41.3. The number of nitrogens with one attached hydrogen (secondary N) is 2. The second kappa shape index (κ2) is 8.81. The summed E-state index contributed by atoms with van der Waals surface area (Å²) in [6, 6.07) is 6.87. The molecule has 1 aliphatic carbocycles. The Balaban J connectivity index is 1.89. The van der Waals surface area contributed by atoms with E-state index in [1.165, 1.54) is 0 Å². The number of rotatable bonds is 4. The van der Waals surface area contributed by atoms with Gasteiger partial charge in [-0.25, -0.2) is 9.59 Å². The maximum Gasteiger partial charge on any atom is 0.339 e. The molecule has 7 nitrogen and oxygen atoms in total. The summed E-state index contributed by atoms with van der Waals surface area (Å²) in [5.74, 6) is -0.819. The lowest BCUT2D eigenvalue weighted by molar-refractivity contribution is -0.123. The molecule has 1 unspecified atom stereocenters. The van der Waals surface area contributed by atoms with Gasteiger partial charge in [0.05, 0.1) is 11.1 Å². The van der Waals surface area contributed by atoms with Gasteiger partial charge in [-0.2, -0.15) is 0 Å². The fraction of sp³-hybridized carbons (Fsp3) is 0.478. The zero-order valence-corrected chi connectivity index (χ0v) is 18.0. The summed E-state index contributed by atoms with van der Waals surface area (Å²) in [6.07, 6.45) is 2.57. The first-order valence-electron chi connectivity index (χ1n) is 10.4. The van der Waals surface area contributed by atoms with E-state index in [0.29, 0.717) is 18.0 Å². The number of nitrogens with zero attached hydrogens (tertiary/aromatic N) is 1. The van der Waals surface area contributed by atoms with E-state index in [9.17, 15) is 14.4 Å². The first-order chi connectivity index (χ1) is 14.2. The maximum absolute atomic E-state index is 13.1. The maximum atomic E-state index is 13.1. The molecule has 0 saturated heterocycles. The molecule has 1 heterocycles. The van der Waals surface area contributed by atoms with Crippen molar-refractivity contribution in [3.63, 3.8) is 0 Å². The number of hydrogen-bond donors (Lipinski definition) is 2. The number of para-hydroxylation sites is 1. The first kappa shape index (κ1) is 21.7. The van der Waals surface area contributed by atoms with Gasteiger partial charge in [-0.3, -0.25) is 15.1 Å². The van der Waals surface area contributed by atoms with E-state index >= 15 is 0 Å². The molecule has 0 bridgehead atoms. The lowest BCUT2D eigenvalue weighted by atomic mass is 9.70. The van der Waals surface area contributed by atoms with Crippen LogP contribution in [0.15, 0.2) is 24.3 Å². The number of imide groups is 1. The Morgan fingerprint density at radius 2 is 1.93 bits per heavy atom. The van der Waals surface area contributed by atoms with Crippen LogP contribution in [0.1, 0.15) is 55.7 Å². The Labute approximate surface area is 176 Å². The number of aromatic nitrogens is 1. The van der Waals surface area contributed by atoms with Crippen molar-refractivity contribution in [3.05, 3.63) is 41.1 Å². The van der Waals surface area contributed by atoms with Gasteiger partial charge in [0.15, 0.2) is 6.61 Å². The predicted octanol–water partition coefficient (Wildman–Crippen LogP) is 3.39. The molecular formula is C23H29N3O4. The minimum Gasteiger partial charge on any atom is -0.452 e. The summed E-state index contributed by atoms with van der Waals surface area (Å²) in [7, 11) is 0. The summed E-state index contributed by atoms with van der Waals surface area (Å²) in [6.45, 7) is 8.24. The van der Waals surface area contributed by atoms with Crippen LogP contribution in [0.3, 0.4) is 0 Å². The van der Waals surface area contributed by atoms with E-state index in [1.807, 2.05) is 24.3 Å². The van der Waals surface area contributed by atoms with Gasteiger partial charge < -0.3 is 10.1 Å². The number of carbonyl (C=O) groups excluding carboxylic acids is 3. The molecule has 7 heteroatoms. The van der Waals surface area contributed by atoms with Crippen LogP contribution in [-0.2, 0) is 22.4 Å². The van der Waals surface area contributed by atoms with E-state index in [1.54, 1.807) is 6.92 Å². The molecule has 160 valence electrons. The van der Waals surface area contributed by atoms with Crippen molar-refractivity contribution in [1.82, 2.24) is 15.6 Å². The number of urea groups is 1. The second-order valence-electron chi connectivity index (χ2n) is 8.72. The Bertz CT molecular complexity index is 978. The molecule has 1 aromatic heterocycles. The average Bonchev–Trinajstić information content (AvgIpc) is 2.69. The van der Waals surface area contributed by atoms with Crippen molar-refractivity contribution in [2.75, 3.05) is 13.2 Å². The molecule has 3 amide bonds. The van der Waals surface area contributed by atoms with E-state index in [0.717, 1.165) is 41.4 Å². The van der Waals surface area contributed by atoms with E-state index in [2.05, 4.69) is 31.4 Å². The number of ether oxygens (including phenoxy) is 1. The third kappa shape index (κ3) is 4.78. The van der Waals surface area contributed by atoms with Crippen molar-refractivity contribution in [1.29, 1.82) is 0 Å². The van der Waals surface area contributed by atoms with E-state index < -0.39 is 24.5 Å². The summed E-state index contributed by atoms with van der Waals surface area (Å²) >= 11 is 0. The highest BCUT2D eigenvalue weighted by Gasteiger charge is 2.33. The van der Waals surface area contributed by atoms with Crippen LogP contribution in [0.5, 0.6) is 0 Å². The van der Waals surface area contributed by atoms with Crippen molar-refractivity contribution >= 4 is 28.8 Å². The zero-order chi connectivity index (χ0) is 21.9. The van der Waals surface area contributed by atoms with Crippen LogP contribution in [-0.4, -0.2) is 36.0 Å². The first-order valence-corrected chi connectivity index (χ1v) is 10.4. The monoisotopic (exact) mass is 411 g/mol. The molecule has 0 aliphatic heterocycles. The average molecular weight is 412 g/mol. The van der Waals surface area contributed by atoms with Crippen molar-refractivity contribution in [3.8, 4) is 0 Å². The van der Waals surface area contributed by atoms with Gasteiger partial charge in [0.25, 0.3) is 5.91 Å². The quantitative estimate of drug-likeness (QED) is 0.752.